The molecule has 0 saturated carbocycles. The molecular weight excluding hydrogens is 176 g/mol. The minimum atomic E-state index is 0.0234. The molecule has 0 atom stereocenters. The summed E-state index contributed by atoms with van der Waals surface area (Å²) in [5.41, 5.74) is 11.7. The van der Waals surface area contributed by atoms with Gasteiger partial charge in [0.1, 0.15) is 11.6 Å². The lowest BCUT2D eigenvalue weighted by Crippen LogP contribution is -2.30. The molecule has 0 bridgehead atoms. The van der Waals surface area contributed by atoms with Crippen LogP contribution in [0.1, 0.15) is 27.2 Å². The second-order valence-electron chi connectivity index (χ2n) is 4.03. The fraction of sp³-hybridized carbons (Fsp3) is 0.500. The molecule has 0 aromatic carbocycles. The molecule has 1 heterocycles. The number of hydrogen-bond acceptors (Lipinski definition) is 4. The lowest BCUT2D eigenvalue weighted by Gasteiger charge is -2.25. The lowest BCUT2D eigenvalue weighted by molar-refractivity contribution is 0.545. The molecule has 1 aromatic rings. The molecule has 0 radical (unpaired) electrons. The van der Waals surface area contributed by atoms with Gasteiger partial charge in [-0.2, -0.15) is 0 Å². The first-order chi connectivity index (χ1) is 6.44. The predicted molar refractivity (Wildman–Crippen MR) is 61.1 cm³/mol. The zero-order valence-corrected chi connectivity index (χ0v) is 8.96. The Morgan fingerprint density at radius 1 is 1.36 bits per heavy atom. The van der Waals surface area contributed by atoms with Crippen molar-refractivity contribution in [3.63, 3.8) is 0 Å². The Kier molecular flexibility index (Phi) is 2.84. The fourth-order valence-electron chi connectivity index (χ4n) is 0.990. The highest BCUT2D eigenvalue weighted by molar-refractivity contribution is 5.61. The first-order valence-electron chi connectivity index (χ1n) is 4.75. The van der Waals surface area contributed by atoms with Crippen LogP contribution >= 0.6 is 0 Å². The molecule has 0 unspecified atom stereocenters. The van der Waals surface area contributed by atoms with Gasteiger partial charge < -0.3 is 16.8 Å². The summed E-state index contributed by atoms with van der Waals surface area (Å²) in [6, 6.07) is 3.60. The second-order valence-corrected chi connectivity index (χ2v) is 4.03. The SMILES string of the molecule is CCC(C)(C)Nc1ccc(N)c(N)n1. The number of anilines is 3. The van der Waals surface area contributed by atoms with Gasteiger partial charge in [-0.15, -0.1) is 0 Å². The number of nitrogens with one attached hydrogen (secondary N) is 1. The van der Waals surface area contributed by atoms with Crippen molar-refractivity contribution in [2.75, 3.05) is 16.8 Å². The Morgan fingerprint density at radius 2 is 2.00 bits per heavy atom. The van der Waals surface area contributed by atoms with Gasteiger partial charge in [-0.3, -0.25) is 0 Å². The highest BCUT2D eigenvalue weighted by Crippen LogP contribution is 2.19. The van der Waals surface area contributed by atoms with Crippen molar-refractivity contribution >= 4 is 17.3 Å². The standard InChI is InChI=1S/C10H18N4/c1-4-10(2,3)14-8-6-5-7(11)9(12)13-8/h5-6H,4,11H2,1-3H3,(H3,12,13,14). The van der Waals surface area contributed by atoms with Gasteiger partial charge in [-0.05, 0) is 32.4 Å². The van der Waals surface area contributed by atoms with Gasteiger partial charge in [0.15, 0.2) is 0 Å². The van der Waals surface area contributed by atoms with Crippen LogP contribution in [0.15, 0.2) is 12.1 Å². The van der Waals surface area contributed by atoms with E-state index in [1.54, 1.807) is 6.07 Å². The monoisotopic (exact) mass is 194 g/mol. The molecule has 0 aliphatic rings. The predicted octanol–water partition coefficient (Wildman–Crippen LogP) is 1.85. The van der Waals surface area contributed by atoms with E-state index in [-0.39, 0.29) is 5.54 Å². The fourth-order valence-corrected chi connectivity index (χ4v) is 0.990. The summed E-state index contributed by atoms with van der Waals surface area (Å²) in [5.74, 6) is 1.14. The van der Waals surface area contributed by atoms with Crippen molar-refractivity contribution in [1.82, 2.24) is 4.98 Å². The van der Waals surface area contributed by atoms with Crippen molar-refractivity contribution in [3.8, 4) is 0 Å². The van der Waals surface area contributed by atoms with E-state index in [4.69, 9.17) is 11.5 Å². The molecule has 0 spiro atoms. The zero-order valence-electron chi connectivity index (χ0n) is 8.96. The normalized spacial score (nSPS) is 11.4. The zero-order chi connectivity index (χ0) is 10.8. The van der Waals surface area contributed by atoms with Crippen molar-refractivity contribution in [2.45, 2.75) is 32.7 Å². The van der Waals surface area contributed by atoms with Crippen molar-refractivity contribution in [1.29, 1.82) is 0 Å². The van der Waals surface area contributed by atoms with Crippen molar-refractivity contribution < 1.29 is 0 Å². The van der Waals surface area contributed by atoms with Gasteiger partial charge in [0.05, 0.1) is 5.69 Å². The van der Waals surface area contributed by atoms with Crippen LogP contribution in [0, 0.1) is 0 Å². The number of rotatable bonds is 3. The molecule has 0 saturated heterocycles. The summed E-state index contributed by atoms with van der Waals surface area (Å²) in [6.45, 7) is 6.34. The largest absolute Gasteiger partial charge is 0.396 e. The van der Waals surface area contributed by atoms with Gasteiger partial charge in [0.25, 0.3) is 0 Å². The van der Waals surface area contributed by atoms with E-state index in [2.05, 4.69) is 31.1 Å². The van der Waals surface area contributed by atoms with E-state index < -0.39 is 0 Å². The van der Waals surface area contributed by atoms with E-state index in [0.29, 0.717) is 11.5 Å². The lowest BCUT2D eigenvalue weighted by atomic mass is 10.0. The van der Waals surface area contributed by atoms with Crippen molar-refractivity contribution in [3.05, 3.63) is 12.1 Å². The molecule has 1 aromatic heterocycles. The van der Waals surface area contributed by atoms with Crippen LogP contribution in [-0.4, -0.2) is 10.5 Å². The molecule has 78 valence electrons. The number of nitrogen functional groups attached to an aromatic ring is 2. The van der Waals surface area contributed by atoms with Gasteiger partial charge in [0, 0.05) is 5.54 Å². The molecule has 0 aliphatic heterocycles. The van der Waals surface area contributed by atoms with Crippen LogP contribution in [0.25, 0.3) is 0 Å². The van der Waals surface area contributed by atoms with Crippen LogP contribution in [0.4, 0.5) is 17.3 Å². The minimum absolute atomic E-state index is 0.0234. The van der Waals surface area contributed by atoms with Crippen LogP contribution in [0.5, 0.6) is 0 Å². The third-order valence-electron chi connectivity index (χ3n) is 2.31. The van der Waals surface area contributed by atoms with E-state index in [0.717, 1.165) is 12.2 Å². The Hall–Kier alpha value is -1.45. The van der Waals surface area contributed by atoms with E-state index in [9.17, 15) is 0 Å². The van der Waals surface area contributed by atoms with Gasteiger partial charge in [0.2, 0.25) is 0 Å². The third kappa shape index (κ3) is 2.52. The maximum atomic E-state index is 5.60. The summed E-state index contributed by atoms with van der Waals surface area (Å²) in [5, 5.41) is 3.29. The maximum Gasteiger partial charge on any atom is 0.149 e. The third-order valence-corrected chi connectivity index (χ3v) is 2.31. The molecule has 4 heteroatoms. The summed E-state index contributed by atoms with van der Waals surface area (Å²) in [6.07, 6.45) is 1.01. The van der Waals surface area contributed by atoms with Crippen LogP contribution < -0.4 is 16.8 Å². The molecule has 4 nitrogen and oxygen atoms in total. The van der Waals surface area contributed by atoms with E-state index in [1.165, 1.54) is 0 Å². The van der Waals surface area contributed by atoms with Gasteiger partial charge in [-0.1, -0.05) is 6.92 Å². The Morgan fingerprint density at radius 3 is 2.50 bits per heavy atom. The van der Waals surface area contributed by atoms with Crippen LogP contribution in [0.2, 0.25) is 0 Å². The van der Waals surface area contributed by atoms with Crippen LogP contribution in [-0.2, 0) is 0 Å². The Balaban J connectivity index is 2.83. The highest BCUT2D eigenvalue weighted by Gasteiger charge is 2.14. The minimum Gasteiger partial charge on any atom is -0.396 e. The quantitative estimate of drug-likeness (QED) is 0.686. The Labute approximate surface area is 84.7 Å². The smallest absolute Gasteiger partial charge is 0.149 e. The summed E-state index contributed by atoms with van der Waals surface area (Å²) in [4.78, 5) is 4.15. The number of pyridine rings is 1. The summed E-state index contributed by atoms with van der Waals surface area (Å²) >= 11 is 0. The average molecular weight is 194 g/mol. The van der Waals surface area contributed by atoms with Gasteiger partial charge in [-0.25, -0.2) is 4.98 Å². The molecule has 0 aliphatic carbocycles. The molecule has 1 rings (SSSR count). The van der Waals surface area contributed by atoms with E-state index >= 15 is 0 Å². The first-order valence-corrected chi connectivity index (χ1v) is 4.75. The molecule has 5 N–H and O–H groups in total. The Bertz CT molecular complexity index is 320. The molecule has 0 amide bonds. The number of hydrogen-bond donors (Lipinski definition) is 3. The van der Waals surface area contributed by atoms with Crippen LogP contribution in [0.3, 0.4) is 0 Å². The van der Waals surface area contributed by atoms with Gasteiger partial charge >= 0.3 is 0 Å². The summed E-state index contributed by atoms with van der Waals surface area (Å²) in [7, 11) is 0. The first kappa shape index (κ1) is 10.6. The summed E-state index contributed by atoms with van der Waals surface area (Å²) < 4.78 is 0. The molecule has 14 heavy (non-hydrogen) atoms. The van der Waals surface area contributed by atoms with E-state index in [1.807, 2.05) is 6.07 Å². The maximum absolute atomic E-state index is 5.60. The second kappa shape index (κ2) is 3.74. The van der Waals surface area contributed by atoms with Crippen molar-refractivity contribution in [2.24, 2.45) is 0 Å². The average Bonchev–Trinajstić information content (AvgIpc) is 2.11. The number of nitrogens with zero attached hydrogens (tertiary/aromatic N) is 1. The highest BCUT2D eigenvalue weighted by atomic mass is 15.1. The topological polar surface area (TPSA) is 77.0 Å². The molecule has 0 fully saturated rings. The molecular formula is C10H18N4. The number of nitrogens with two attached hydrogens (primary N) is 2. The number of aromatic nitrogens is 1.